The van der Waals surface area contributed by atoms with E-state index < -0.39 is 12.0 Å². The van der Waals surface area contributed by atoms with Gasteiger partial charge in [0.2, 0.25) is 0 Å². The Morgan fingerprint density at radius 3 is 2.40 bits per heavy atom. The van der Waals surface area contributed by atoms with Gasteiger partial charge in [0.15, 0.2) is 29.2 Å². The van der Waals surface area contributed by atoms with E-state index in [0.29, 0.717) is 43.6 Å². The number of phenolic OH excluding ortho intramolecular Hbond substituents is 2. The van der Waals surface area contributed by atoms with Crippen LogP contribution in [0.2, 0.25) is 0 Å². The number of hydrogen-bond acceptors (Lipinski definition) is 7. The van der Waals surface area contributed by atoms with Gasteiger partial charge in [0, 0.05) is 37.2 Å². The summed E-state index contributed by atoms with van der Waals surface area (Å²) in [5.41, 5.74) is 7.05. The molecule has 0 fully saturated rings. The zero-order valence-electron chi connectivity index (χ0n) is 33.7. The molecule has 2 heterocycles. The number of aliphatic hydroxyl groups is 1. The maximum atomic E-state index is 14.5. The van der Waals surface area contributed by atoms with Crippen molar-refractivity contribution < 1.29 is 29.6 Å². The van der Waals surface area contributed by atoms with Crippen LogP contribution >= 0.6 is 0 Å². The molecule has 0 amide bonds. The lowest BCUT2D eigenvalue weighted by Crippen LogP contribution is -2.31. The summed E-state index contributed by atoms with van der Waals surface area (Å²) in [7, 11) is 3.09. The molecule has 0 saturated carbocycles. The number of phenols is 2. The number of hydrogen-bond donors (Lipinski definition) is 3. The summed E-state index contributed by atoms with van der Waals surface area (Å²) < 4.78 is 11.3. The van der Waals surface area contributed by atoms with Crippen molar-refractivity contribution in [3.63, 3.8) is 0 Å². The number of carbonyl (C=O) groups excluding carboxylic acids is 1. The SMILES string of the molecule is CCCCC[C+]1C=C(CC(Cc2ccc(O)c(OC)c2)C(=O)CC(O)C(Cc2cc[n-]c2)Cc2ccc(O)c(OC)c2Cc2c(CC)ccc3ccccc23)C=N1. The Balaban J connectivity index is 1.30. The normalized spacial score (nSPS) is 14.1. The Hall–Kier alpha value is -5.47. The number of carbonyl (C=O) groups is 1. The fourth-order valence-corrected chi connectivity index (χ4v) is 8.25. The Morgan fingerprint density at radius 1 is 0.842 bits per heavy atom. The number of ketones is 1. The smallest absolute Gasteiger partial charge is 0.176 e. The minimum atomic E-state index is -0.969. The number of ether oxygens (including phenoxy) is 2. The molecular weight excluding hydrogens is 713 g/mol. The van der Waals surface area contributed by atoms with Crippen LogP contribution in [0.3, 0.4) is 0 Å². The van der Waals surface area contributed by atoms with Crippen molar-refractivity contribution in [3.05, 3.63) is 136 Å². The average Bonchev–Trinajstić information content (AvgIpc) is 3.91. The quantitative estimate of drug-likeness (QED) is 0.0502. The maximum Gasteiger partial charge on any atom is 0.176 e. The molecule has 3 atom stereocenters. The molecule has 8 heteroatoms. The van der Waals surface area contributed by atoms with Crippen molar-refractivity contribution in [3.8, 4) is 23.0 Å². The number of benzene rings is 4. The van der Waals surface area contributed by atoms with Crippen molar-refractivity contribution in [2.24, 2.45) is 16.8 Å². The van der Waals surface area contributed by atoms with Crippen molar-refractivity contribution in [1.82, 2.24) is 4.98 Å². The summed E-state index contributed by atoms with van der Waals surface area (Å²) in [6, 6.07) is 24.4. The van der Waals surface area contributed by atoms with E-state index in [1.54, 1.807) is 31.5 Å². The largest absolute Gasteiger partial charge is 0.670 e. The van der Waals surface area contributed by atoms with Crippen LogP contribution in [-0.2, 0) is 36.9 Å². The van der Waals surface area contributed by atoms with Gasteiger partial charge in [-0.05, 0) is 89.2 Å². The van der Waals surface area contributed by atoms with E-state index in [4.69, 9.17) is 9.47 Å². The van der Waals surface area contributed by atoms with Gasteiger partial charge in [-0.2, -0.15) is 12.4 Å². The zero-order chi connectivity index (χ0) is 40.3. The van der Waals surface area contributed by atoms with E-state index >= 15 is 0 Å². The van der Waals surface area contributed by atoms with E-state index in [-0.39, 0.29) is 29.6 Å². The number of nitrogens with zero attached hydrogens (tertiary/aromatic N) is 2. The van der Waals surface area contributed by atoms with Crippen LogP contribution in [0.1, 0.15) is 85.8 Å². The first-order valence-electron chi connectivity index (χ1n) is 20.3. The van der Waals surface area contributed by atoms with Crippen LogP contribution < -0.4 is 14.5 Å². The van der Waals surface area contributed by atoms with Gasteiger partial charge in [-0.1, -0.05) is 86.8 Å². The molecule has 3 unspecified atom stereocenters. The van der Waals surface area contributed by atoms with Crippen LogP contribution in [0, 0.1) is 17.9 Å². The van der Waals surface area contributed by atoms with Crippen molar-refractivity contribution in [1.29, 1.82) is 0 Å². The maximum absolute atomic E-state index is 14.5. The number of aryl methyl sites for hydroxylation is 1. The van der Waals surface area contributed by atoms with Gasteiger partial charge in [-0.3, -0.25) is 4.79 Å². The van der Waals surface area contributed by atoms with Crippen LogP contribution in [0.15, 0.2) is 102 Å². The molecule has 0 spiro atoms. The summed E-state index contributed by atoms with van der Waals surface area (Å²) in [6.07, 6.45) is 14.0. The molecule has 4 aromatic carbocycles. The summed E-state index contributed by atoms with van der Waals surface area (Å²) >= 11 is 0. The first-order chi connectivity index (χ1) is 27.7. The second kappa shape index (κ2) is 19.6. The standard InChI is InChI=1S/C49H56N2O6/c1-5-7-8-12-40-25-34(31-51-40)24-38(22-32-14-18-44(52)48(26-32)56-3)46(54)29-47(55)39(23-33-20-21-50-30-33)27-37-17-19-45(53)49(57-4)43(37)28-42-35(6-2)15-16-36-11-9-10-13-41(36)42/h9-11,13-21,25-26,30-31,38-39,47,52-53,55H,5-8,12,22-24,27-29H2,1-4H3. The molecule has 0 radical (unpaired) electrons. The van der Waals surface area contributed by atoms with E-state index in [9.17, 15) is 20.1 Å². The van der Waals surface area contributed by atoms with Gasteiger partial charge in [0.05, 0.1) is 26.4 Å². The van der Waals surface area contributed by atoms with E-state index in [1.165, 1.54) is 18.2 Å². The molecule has 3 N–H and O–H groups in total. The Bertz CT molecular complexity index is 2170. The third-order valence-corrected chi connectivity index (χ3v) is 11.4. The summed E-state index contributed by atoms with van der Waals surface area (Å²) in [6.45, 7) is 4.33. The lowest BCUT2D eigenvalue weighted by molar-refractivity contribution is -0.125. The molecule has 1 aliphatic heterocycles. The highest BCUT2D eigenvalue weighted by atomic mass is 16.5. The number of aliphatic hydroxyl groups excluding tert-OH is 1. The second-order valence-corrected chi connectivity index (χ2v) is 15.3. The molecule has 5 aromatic rings. The first kappa shape index (κ1) is 41.2. The van der Waals surface area contributed by atoms with Gasteiger partial charge in [-0.15, -0.1) is 4.99 Å². The molecule has 57 heavy (non-hydrogen) atoms. The van der Waals surface area contributed by atoms with Crippen molar-refractivity contribution >= 4 is 22.8 Å². The monoisotopic (exact) mass is 768 g/mol. The lowest BCUT2D eigenvalue weighted by Gasteiger charge is -2.26. The van der Waals surface area contributed by atoms with Crippen molar-refractivity contribution in [2.75, 3.05) is 14.2 Å². The summed E-state index contributed by atoms with van der Waals surface area (Å²) in [5, 5.41) is 35.8. The van der Waals surface area contributed by atoms with E-state index in [2.05, 4.69) is 60.2 Å². The molecule has 0 aliphatic carbocycles. The Labute approximate surface area is 337 Å². The highest BCUT2D eigenvalue weighted by Gasteiger charge is 2.32. The predicted octanol–water partition coefficient (Wildman–Crippen LogP) is 9.47. The third-order valence-electron chi connectivity index (χ3n) is 11.4. The molecule has 1 aliphatic rings. The lowest BCUT2D eigenvalue weighted by atomic mass is 9.81. The minimum absolute atomic E-state index is 0.0377. The number of aromatic nitrogens is 1. The number of aliphatic imine (C=N–C) groups is 1. The van der Waals surface area contributed by atoms with Gasteiger partial charge in [0.25, 0.3) is 0 Å². The van der Waals surface area contributed by atoms with Gasteiger partial charge in [-0.25, -0.2) is 0 Å². The fraction of sp³-hybridized carbons (Fsp3) is 0.367. The number of allylic oxidation sites excluding steroid dienone is 1. The summed E-state index contributed by atoms with van der Waals surface area (Å²) in [5.74, 6) is 0.0500. The molecule has 298 valence electrons. The van der Waals surface area contributed by atoms with Crippen LogP contribution in [0.4, 0.5) is 0 Å². The highest BCUT2D eigenvalue weighted by Crippen LogP contribution is 2.39. The zero-order valence-corrected chi connectivity index (χ0v) is 33.7. The third kappa shape index (κ3) is 10.3. The van der Waals surface area contributed by atoms with Gasteiger partial charge < -0.3 is 29.8 Å². The molecule has 6 rings (SSSR count). The Morgan fingerprint density at radius 2 is 1.65 bits per heavy atom. The first-order valence-corrected chi connectivity index (χ1v) is 20.3. The molecule has 8 nitrogen and oxygen atoms in total. The molecule has 0 bridgehead atoms. The van der Waals surface area contributed by atoms with E-state index in [0.717, 1.165) is 76.7 Å². The topological polar surface area (TPSA) is 123 Å². The molecule has 0 saturated heterocycles. The number of Topliss-reactive ketones (excluding diaryl/α,β-unsaturated/α-hetero) is 1. The number of rotatable bonds is 21. The van der Waals surface area contributed by atoms with E-state index in [1.807, 2.05) is 36.7 Å². The van der Waals surface area contributed by atoms with Crippen molar-refractivity contribution in [2.45, 2.75) is 90.6 Å². The van der Waals surface area contributed by atoms with Gasteiger partial charge >= 0.3 is 0 Å². The van der Waals surface area contributed by atoms with Crippen LogP contribution in [0.5, 0.6) is 23.0 Å². The summed E-state index contributed by atoms with van der Waals surface area (Å²) in [4.78, 5) is 23.4. The minimum Gasteiger partial charge on any atom is -0.670 e. The molecule has 1 aromatic heterocycles. The predicted molar refractivity (Wildman–Crippen MR) is 228 cm³/mol. The molecular formula is C49H56N2O6. The Kier molecular flexibility index (Phi) is 14.2. The van der Waals surface area contributed by atoms with Crippen LogP contribution in [0.25, 0.3) is 10.8 Å². The second-order valence-electron chi connectivity index (χ2n) is 15.3. The fourth-order valence-electron chi connectivity index (χ4n) is 8.25. The number of aromatic hydroxyl groups is 2. The number of unbranched alkanes of at least 4 members (excludes halogenated alkanes) is 2. The average molecular weight is 769 g/mol. The van der Waals surface area contributed by atoms with Crippen LogP contribution in [-0.4, -0.2) is 47.6 Å². The number of methoxy groups -OCH3 is 2. The van der Waals surface area contributed by atoms with Gasteiger partial charge in [0.1, 0.15) is 17.4 Å². The number of fused-ring (bicyclic) bond motifs is 1. The highest BCUT2D eigenvalue weighted by molar-refractivity contribution is 5.88.